The number of methoxy groups -OCH3 is 1. The van der Waals surface area contributed by atoms with E-state index in [0.29, 0.717) is 6.54 Å². The lowest BCUT2D eigenvalue weighted by Crippen LogP contribution is -2.14. The molecule has 1 heterocycles. The number of ether oxygens (including phenoxy) is 1. The van der Waals surface area contributed by atoms with Gasteiger partial charge in [0.2, 0.25) is 6.41 Å². The number of rotatable bonds is 13. The lowest BCUT2D eigenvalue weighted by Gasteiger charge is -2.22. The minimum absolute atomic E-state index is 0.0149. The molecule has 38 heavy (non-hydrogen) atoms. The van der Waals surface area contributed by atoms with Crippen molar-refractivity contribution in [3.8, 4) is 0 Å². The van der Waals surface area contributed by atoms with Crippen molar-refractivity contribution in [3.05, 3.63) is 120 Å². The molecule has 7 heteroatoms. The van der Waals surface area contributed by atoms with Crippen LogP contribution in [0.3, 0.4) is 0 Å². The Morgan fingerprint density at radius 2 is 1.61 bits per heavy atom. The zero-order chi connectivity index (χ0) is 26.7. The van der Waals surface area contributed by atoms with Gasteiger partial charge in [-0.2, -0.15) is 0 Å². The fraction of sp³-hybridized carbons (Fsp3) is 0.258. The molecule has 7 nitrogen and oxygen atoms in total. The Morgan fingerprint density at radius 1 is 0.947 bits per heavy atom. The number of para-hydroxylation sites is 1. The molecule has 3 atom stereocenters. The van der Waals surface area contributed by atoms with Crippen molar-refractivity contribution in [2.45, 2.75) is 31.9 Å². The molecule has 196 valence electrons. The molecule has 0 aliphatic rings. The van der Waals surface area contributed by atoms with Crippen molar-refractivity contribution in [2.24, 2.45) is 5.92 Å². The standard InChI is InChI=1S/C31H34N4O3/c1-24(11-9-10-20-34-21-30(32-33-34)29(22-36)25-12-5-3-6-13-25)31(38-2)26-16-18-28(19-17-26)35(23-37)27-14-7-4-8-15-27/h3-9,11-19,21,23-24,29,31,36H,10,20,22H2,1-2H3/b11-9+/t24-,29?,31+/m0/s1. The van der Waals surface area contributed by atoms with E-state index in [1.54, 1.807) is 12.0 Å². The van der Waals surface area contributed by atoms with Crippen LogP contribution < -0.4 is 4.90 Å². The van der Waals surface area contributed by atoms with E-state index >= 15 is 0 Å². The molecule has 1 N–H and O–H groups in total. The molecule has 4 aromatic rings. The van der Waals surface area contributed by atoms with Gasteiger partial charge in [0.05, 0.1) is 24.3 Å². The number of carbonyl (C=O) groups excluding carboxylic acids is 1. The van der Waals surface area contributed by atoms with Crippen molar-refractivity contribution in [1.29, 1.82) is 0 Å². The molecule has 0 saturated carbocycles. The Morgan fingerprint density at radius 3 is 2.24 bits per heavy atom. The van der Waals surface area contributed by atoms with E-state index in [4.69, 9.17) is 4.74 Å². The van der Waals surface area contributed by atoms with E-state index in [9.17, 15) is 9.90 Å². The zero-order valence-corrected chi connectivity index (χ0v) is 21.8. The third-order valence-electron chi connectivity index (χ3n) is 6.63. The first-order chi connectivity index (χ1) is 18.6. The minimum atomic E-state index is -0.180. The first-order valence-corrected chi connectivity index (χ1v) is 12.8. The highest BCUT2D eigenvalue weighted by atomic mass is 16.5. The fourth-order valence-electron chi connectivity index (χ4n) is 4.59. The third-order valence-corrected chi connectivity index (χ3v) is 6.63. The molecule has 0 saturated heterocycles. The van der Waals surface area contributed by atoms with Crippen molar-refractivity contribution in [1.82, 2.24) is 15.0 Å². The van der Waals surface area contributed by atoms with Crippen LogP contribution in [-0.4, -0.2) is 40.2 Å². The molecular formula is C31H34N4O3. The van der Waals surface area contributed by atoms with E-state index in [1.807, 2.05) is 95.8 Å². The molecule has 0 bridgehead atoms. The normalized spacial score (nSPS) is 13.8. The molecule has 1 unspecified atom stereocenters. The van der Waals surface area contributed by atoms with Crippen LogP contribution in [-0.2, 0) is 16.1 Å². The van der Waals surface area contributed by atoms with Crippen LogP contribution in [0.5, 0.6) is 0 Å². The van der Waals surface area contributed by atoms with Gasteiger partial charge in [-0.25, -0.2) is 0 Å². The quantitative estimate of drug-likeness (QED) is 0.185. The van der Waals surface area contributed by atoms with Crippen LogP contribution in [0.4, 0.5) is 11.4 Å². The molecule has 0 fully saturated rings. The monoisotopic (exact) mass is 510 g/mol. The van der Waals surface area contributed by atoms with Gasteiger partial charge < -0.3 is 9.84 Å². The Balaban J connectivity index is 1.34. The number of aryl methyl sites for hydroxylation is 1. The summed E-state index contributed by atoms with van der Waals surface area (Å²) >= 11 is 0. The van der Waals surface area contributed by atoms with Crippen LogP contribution in [0.1, 0.15) is 42.2 Å². The van der Waals surface area contributed by atoms with Crippen molar-refractivity contribution >= 4 is 17.8 Å². The van der Waals surface area contributed by atoms with E-state index in [1.165, 1.54) is 0 Å². The van der Waals surface area contributed by atoms with E-state index in [2.05, 4.69) is 29.4 Å². The number of allylic oxidation sites excluding steroid dienone is 1. The highest BCUT2D eigenvalue weighted by Gasteiger charge is 2.18. The lowest BCUT2D eigenvalue weighted by molar-refractivity contribution is -0.106. The second kappa shape index (κ2) is 13.5. The smallest absolute Gasteiger partial charge is 0.218 e. The van der Waals surface area contributed by atoms with Gasteiger partial charge in [-0.1, -0.05) is 85.0 Å². The molecule has 0 aliphatic carbocycles. The summed E-state index contributed by atoms with van der Waals surface area (Å²) in [6, 6.07) is 27.3. The number of nitrogens with zero attached hydrogens (tertiary/aromatic N) is 4. The maximum atomic E-state index is 11.7. The summed E-state index contributed by atoms with van der Waals surface area (Å²) in [7, 11) is 1.71. The summed E-state index contributed by atoms with van der Waals surface area (Å²) in [6.45, 7) is 2.80. The van der Waals surface area contributed by atoms with Gasteiger partial charge in [0, 0.05) is 37.1 Å². The maximum absolute atomic E-state index is 11.7. The maximum Gasteiger partial charge on any atom is 0.218 e. The summed E-state index contributed by atoms with van der Waals surface area (Å²) in [5.74, 6) is -0.0361. The molecule has 1 aromatic heterocycles. The van der Waals surface area contributed by atoms with Crippen LogP contribution in [0.25, 0.3) is 0 Å². The lowest BCUT2D eigenvalue weighted by atomic mass is 9.96. The fourth-order valence-corrected chi connectivity index (χ4v) is 4.59. The molecule has 3 aromatic carbocycles. The Hall–Kier alpha value is -4.07. The van der Waals surface area contributed by atoms with Gasteiger partial charge in [-0.3, -0.25) is 14.4 Å². The molecule has 4 rings (SSSR count). The van der Waals surface area contributed by atoms with E-state index < -0.39 is 0 Å². The van der Waals surface area contributed by atoms with Gasteiger partial charge in [-0.15, -0.1) is 5.10 Å². The highest BCUT2D eigenvalue weighted by molar-refractivity contribution is 5.86. The van der Waals surface area contributed by atoms with Crippen LogP contribution in [0.2, 0.25) is 0 Å². The van der Waals surface area contributed by atoms with Crippen LogP contribution >= 0.6 is 0 Å². The molecule has 0 radical (unpaired) electrons. The summed E-state index contributed by atoms with van der Waals surface area (Å²) < 4.78 is 7.64. The SMILES string of the molecule is CO[C@@H](c1ccc(N(C=O)c2ccccc2)cc1)[C@@H](C)/C=C/CCn1cc(C(CO)c2ccccc2)nn1. The number of carbonyl (C=O) groups is 1. The predicted octanol–water partition coefficient (Wildman–Crippen LogP) is 5.67. The van der Waals surface area contributed by atoms with Crippen molar-refractivity contribution in [2.75, 3.05) is 18.6 Å². The minimum Gasteiger partial charge on any atom is -0.395 e. The second-order valence-electron chi connectivity index (χ2n) is 9.19. The number of aliphatic hydroxyl groups is 1. The topological polar surface area (TPSA) is 80.5 Å². The highest BCUT2D eigenvalue weighted by Crippen LogP contribution is 2.30. The van der Waals surface area contributed by atoms with Gasteiger partial charge in [0.15, 0.2) is 0 Å². The largest absolute Gasteiger partial charge is 0.395 e. The van der Waals surface area contributed by atoms with Crippen molar-refractivity contribution < 1.29 is 14.6 Å². The molecular weight excluding hydrogens is 476 g/mol. The predicted molar refractivity (Wildman–Crippen MR) is 149 cm³/mol. The Bertz CT molecular complexity index is 1290. The Labute approximate surface area is 224 Å². The number of aromatic nitrogens is 3. The van der Waals surface area contributed by atoms with Gasteiger partial charge in [-0.05, 0) is 41.8 Å². The summed E-state index contributed by atoms with van der Waals surface area (Å²) in [5.41, 5.74) is 4.45. The number of hydrogen-bond acceptors (Lipinski definition) is 5. The van der Waals surface area contributed by atoms with Crippen LogP contribution in [0, 0.1) is 5.92 Å². The average molecular weight is 511 g/mol. The molecule has 0 aliphatic heterocycles. The average Bonchev–Trinajstić information content (AvgIpc) is 3.43. The van der Waals surface area contributed by atoms with E-state index in [0.717, 1.165) is 41.0 Å². The van der Waals surface area contributed by atoms with Gasteiger partial charge in [0.1, 0.15) is 0 Å². The molecule has 1 amide bonds. The third kappa shape index (κ3) is 6.62. The first-order valence-electron chi connectivity index (χ1n) is 12.8. The van der Waals surface area contributed by atoms with Crippen molar-refractivity contribution in [3.63, 3.8) is 0 Å². The number of hydrogen-bond donors (Lipinski definition) is 1. The number of benzene rings is 3. The van der Waals surface area contributed by atoms with Crippen LogP contribution in [0.15, 0.2) is 103 Å². The summed E-state index contributed by atoms with van der Waals surface area (Å²) in [5, 5.41) is 18.4. The zero-order valence-electron chi connectivity index (χ0n) is 21.8. The number of amides is 1. The number of aliphatic hydroxyl groups excluding tert-OH is 1. The summed E-state index contributed by atoms with van der Waals surface area (Å²) in [6.07, 6.45) is 7.70. The Kier molecular flexibility index (Phi) is 9.56. The second-order valence-corrected chi connectivity index (χ2v) is 9.19. The number of anilines is 2. The first kappa shape index (κ1) is 27.0. The van der Waals surface area contributed by atoms with Gasteiger partial charge in [0.25, 0.3) is 0 Å². The van der Waals surface area contributed by atoms with Gasteiger partial charge >= 0.3 is 0 Å². The molecule has 0 spiro atoms. The van der Waals surface area contributed by atoms with E-state index in [-0.39, 0.29) is 24.5 Å². The summed E-state index contributed by atoms with van der Waals surface area (Å²) in [4.78, 5) is 13.3.